The largest absolute Gasteiger partial charge is 0.497 e. The normalized spacial score (nSPS) is 11.4. The van der Waals surface area contributed by atoms with Gasteiger partial charge in [0.2, 0.25) is 5.91 Å². The average molecular weight is 397 g/mol. The van der Waals surface area contributed by atoms with Crippen molar-refractivity contribution in [1.82, 2.24) is 4.90 Å². The fraction of sp³-hybridized carbons (Fsp3) is 0.348. The highest BCUT2D eigenvalue weighted by molar-refractivity contribution is 6.06. The van der Waals surface area contributed by atoms with Gasteiger partial charge in [0.05, 0.1) is 13.7 Å². The van der Waals surface area contributed by atoms with Gasteiger partial charge in [-0.2, -0.15) is 0 Å². The summed E-state index contributed by atoms with van der Waals surface area (Å²) in [7, 11) is 1.57. The van der Waals surface area contributed by atoms with Crippen LogP contribution in [0.15, 0.2) is 54.6 Å². The van der Waals surface area contributed by atoms with Crippen molar-refractivity contribution in [3.63, 3.8) is 0 Å². The number of carbonyl (C=O) groups is 3. The summed E-state index contributed by atoms with van der Waals surface area (Å²) >= 11 is 0. The van der Waals surface area contributed by atoms with Crippen molar-refractivity contribution in [2.24, 2.45) is 0 Å². The maximum Gasteiger partial charge on any atom is 0.329 e. The molecule has 2 rings (SSSR count). The highest BCUT2D eigenvalue weighted by Crippen LogP contribution is 2.18. The summed E-state index contributed by atoms with van der Waals surface area (Å²) in [5.74, 6) is -0.942. The third kappa shape index (κ3) is 6.17. The number of hydrogen-bond acceptors (Lipinski definition) is 5. The Morgan fingerprint density at radius 1 is 1.00 bits per heavy atom. The van der Waals surface area contributed by atoms with Crippen LogP contribution in [-0.2, 0) is 20.7 Å². The summed E-state index contributed by atoms with van der Waals surface area (Å²) in [5, 5.41) is 0. The quantitative estimate of drug-likeness (QED) is 0.477. The average Bonchev–Trinajstić information content (AvgIpc) is 2.74. The zero-order valence-corrected chi connectivity index (χ0v) is 17.1. The van der Waals surface area contributed by atoms with Crippen molar-refractivity contribution in [2.45, 2.75) is 39.2 Å². The molecule has 6 heteroatoms. The Kier molecular flexibility index (Phi) is 8.40. The molecule has 29 heavy (non-hydrogen) atoms. The third-order valence-electron chi connectivity index (χ3n) is 4.49. The molecular weight excluding hydrogens is 370 g/mol. The monoisotopic (exact) mass is 397 g/mol. The number of benzene rings is 2. The molecule has 154 valence electrons. The Hall–Kier alpha value is -3.15. The molecule has 2 aromatic rings. The lowest BCUT2D eigenvalue weighted by Gasteiger charge is -2.28. The van der Waals surface area contributed by atoms with E-state index < -0.39 is 23.8 Å². The molecular formula is C23H27NO5. The van der Waals surface area contributed by atoms with Crippen molar-refractivity contribution >= 4 is 17.8 Å². The third-order valence-corrected chi connectivity index (χ3v) is 4.49. The first-order chi connectivity index (χ1) is 14.0. The van der Waals surface area contributed by atoms with Crippen LogP contribution in [0.3, 0.4) is 0 Å². The predicted octanol–water partition coefficient (Wildman–Crippen LogP) is 3.64. The first-order valence-electron chi connectivity index (χ1n) is 9.66. The standard InChI is InChI=1S/C23H27NO5/c1-4-5-15-29-23(27)21(16-18-11-13-20(28-3)14-12-18)24(17(2)25)22(26)19-9-7-6-8-10-19/h6-14,21H,4-5,15-16H2,1-3H3. The molecule has 0 aliphatic carbocycles. The van der Waals surface area contributed by atoms with Crippen LogP contribution in [0.5, 0.6) is 5.75 Å². The van der Waals surface area contributed by atoms with Crippen LogP contribution >= 0.6 is 0 Å². The Bertz CT molecular complexity index is 817. The number of rotatable bonds is 9. The zero-order valence-electron chi connectivity index (χ0n) is 17.1. The number of amides is 2. The van der Waals surface area contributed by atoms with Gasteiger partial charge in [-0.3, -0.25) is 14.5 Å². The number of nitrogens with zero attached hydrogens (tertiary/aromatic N) is 1. The summed E-state index contributed by atoms with van der Waals surface area (Å²) in [4.78, 5) is 39.3. The first kappa shape index (κ1) is 22.1. The smallest absolute Gasteiger partial charge is 0.329 e. The van der Waals surface area contributed by atoms with Gasteiger partial charge in [0.1, 0.15) is 11.8 Å². The second kappa shape index (κ2) is 11.0. The second-order valence-electron chi connectivity index (χ2n) is 6.65. The van der Waals surface area contributed by atoms with Crippen LogP contribution in [0.25, 0.3) is 0 Å². The summed E-state index contributed by atoms with van der Waals surface area (Å²) in [6, 6.07) is 14.5. The summed E-state index contributed by atoms with van der Waals surface area (Å²) < 4.78 is 10.5. The van der Waals surface area contributed by atoms with Crippen LogP contribution < -0.4 is 4.74 Å². The van der Waals surface area contributed by atoms with Crippen LogP contribution in [0.4, 0.5) is 0 Å². The van der Waals surface area contributed by atoms with Gasteiger partial charge in [0, 0.05) is 18.9 Å². The van der Waals surface area contributed by atoms with E-state index in [0.717, 1.165) is 16.9 Å². The van der Waals surface area contributed by atoms with Crippen LogP contribution in [0.1, 0.15) is 42.6 Å². The molecule has 0 saturated heterocycles. The van der Waals surface area contributed by atoms with Crippen molar-refractivity contribution in [1.29, 1.82) is 0 Å². The molecule has 0 saturated carbocycles. The maximum absolute atomic E-state index is 13.0. The van der Waals surface area contributed by atoms with Gasteiger partial charge < -0.3 is 9.47 Å². The van der Waals surface area contributed by atoms with E-state index in [1.165, 1.54) is 6.92 Å². The van der Waals surface area contributed by atoms with Crippen LogP contribution in [0.2, 0.25) is 0 Å². The molecule has 0 aromatic heterocycles. The van der Waals surface area contributed by atoms with E-state index in [1.807, 2.05) is 6.92 Å². The Morgan fingerprint density at radius 3 is 2.21 bits per heavy atom. The van der Waals surface area contributed by atoms with Crippen molar-refractivity contribution in [2.75, 3.05) is 13.7 Å². The molecule has 0 aliphatic rings. The van der Waals surface area contributed by atoms with Gasteiger partial charge in [-0.25, -0.2) is 4.79 Å². The van der Waals surface area contributed by atoms with Gasteiger partial charge in [-0.05, 0) is 36.2 Å². The molecule has 1 unspecified atom stereocenters. The van der Waals surface area contributed by atoms with Crippen LogP contribution in [-0.4, -0.2) is 42.4 Å². The molecule has 0 spiro atoms. The molecule has 2 amide bonds. The number of carbonyl (C=O) groups excluding carboxylic acids is 3. The molecule has 2 aromatic carbocycles. The molecule has 0 heterocycles. The van der Waals surface area contributed by atoms with E-state index in [1.54, 1.807) is 61.7 Å². The Balaban J connectivity index is 2.34. The summed E-state index contributed by atoms with van der Waals surface area (Å²) in [6.45, 7) is 3.52. The van der Waals surface area contributed by atoms with E-state index >= 15 is 0 Å². The van der Waals surface area contributed by atoms with Crippen LogP contribution in [0, 0.1) is 0 Å². The molecule has 0 N–H and O–H groups in total. The Morgan fingerprint density at radius 2 is 1.66 bits per heavy atom. The van der Waals surface area contributed by atoms with E-state index in [9.17, 15) is 14.4 Å². The molecule has 0 bridgehead atoms. The van der Waals surface area contributed by atoms with E-state index in [0.29, 0.717) is 17.7 Å². The fourth-order valence-corrected chi connectivity index (χ4v) is 2.90. The predicted molar refractivity (Wildman–Crippen MR) is 110 cm³/mol. The van der Waals surface area contributed by atoms with Crippen molar-refractivity contribution < 1.29 is 23.9 Å². The molecule has 0 fully saturated rings. The van der Waals surface area contributed by atoms with Gasteiger partial charge in [0.15, 0.2) is 0 Å². The SMILES string of the molecule is CCCCOC(=O)C(Cc1ccc(OC)cc1)N(C(C)=O)C(=O)c1ccccc1. The van der Waals surface area contributed by atoms with E-state index in [2.05, 4.69) is 0 Å². The fourth-order valence-electron chi connectivity index (χ4n) is 2.90. The van der Waals surface area contributed by atoms with E-state index in [-0.39, 0.29) is 13.0 Å². The van der Waals surface area contributed by atoms with Crippen molar-refractivity contribution in [3.8, 4) is 5.75 Å². The van der Waals surface area contributed by atoms with Gasteiger partial charge in [-0.1, -0.05) is 43.7 Å². The lowest BCUT2D eigenvalue weighted by molar-refractivity contribution is -0.152. The highest BCUT2D eigenvalue weighted by atomic mass is 16.5. The van der Waals surface area contributed by atoms with Gasteiger partial charge >= 0.3 is 5.97 Å². The first-order valence-corrected chi connectivity index (χ1v) is 9.66. The van der Waals surface area contributed by atoms with Gasteiger partial charge in [-0.15, -0.1) is 0 Å². The lowest BCUT2D eigenvalue weighted by Crippen LogP contribution is -2.49. The molecule has 6 nitrogen and oxygen atoms in total. The molecule has 1 atom stereocenters. The summed E-state index contributed by atoms with van der Waals surface area (Å²) in [5.41, 5.74) is 1.12. The van der Waals surface area contributed by atoms with Crippen molar-refractivity contribution in [3.05, 3.63) is 65.7 Å². The number of esters is 1. The molecule has 0 radical (unpaired) electrons. The molecule has 0 aliphatic heterocycles. The topological polar surface area (TPSA) is 72.9 Å². The summed E-state index contributed by atoms with van der Waals surface area (Å²) in [6.07, 6.45) is 1.75. The second-order valence-corrected chi connectivity index (χ2v) is 6.65. The zero-order chi connectivity index (χ0) is 21.2. The number of imide groups is 1. The number of methoxy groups -OCH3 is 1. The number of unbranched alkanes of at least 4 members (excludes halogenated alkanes) is 1. The number of hydrogen-bond donors (Lipinski definition) is 0. The minimum absolute atomic E-state index is 0.160. The lowest BCUT2D eigenvalue weighted by atomic mass is 10.0. The Labute approximate surface area is 171 Å². The minimum atomic E-state index is -1.05. The van der Waals surface area contributed by atoms with Gasteiger partial charge in [0.25, 0.3) is 5.91 Å². The minimum Gasteiger partial charge on any atom is -0.497 e. The number of ether oxygens (including phenoxy) is 2. The van der Waals surface area contributed by atoms with E-state index in [4.69, 9.17) is 9.47 Å². The highest BCUT2D eigenvalue weighted by Gasteiger charge is 2.34. The maximum atomic E-state index is 13.0.